The number of nitrogens with two attached hydrogens (primary N) is 1. The van der Waals surface area contributed by atoms with E-state index in [0.29, 0.717) is 27.9 Å². The van der Waals surface area contributed by atoms with Gasteiger partial charge in [0.1, 0.15) is 16.0 Å². The quantitative estimate of drug-likeness (QED) is 0.168. The first-order chi connectivity index (χ1) is 15.8. The lowest BCUT2D eigenvalue weighted by molar-refractivity contribution is -0.384. The van der Waals surface area contributed by atoms with Crippen LogP contribution in [0.3, 0.4) is 0 Å². The van der Waals surface area contributed by atoms with Crippen molar-refractivity contribution in [1.82, 2.24) is 14.9 Å². The van der Waals surface area contributed by atoms with Crippen molar-refractivity contribution < 1.29 is 14.1 Å². The molecule has 168 valence electrons. The molecule has 0 fully saturated rings. The number of nitro benzene ring substituents is 1. The predicted octanol–water partition coefficient (Wildman–Crippen LogP) is 4.59. The molecule has 0 aliphatic carbocycles. The second-order valence-electron chi connectivity index (χ2n) is 6.89. The molecule has 12 heteroatoms. The van der Waals surface area contributed by atoms with Gasteiger partial charge in [0.25, 0.3) is 5.69 Å². The number of thioether (sulfide) groups is 1. The van der Waals surface area contributed by atoms with Gasteiger partial charge >= 0.3 is 0 Å². The molecule has 33 heavy (non-hydrogen) atoms. The summed E-state index contributed by atoms with van der Waals surface area (Å²) in [5.74, 6) is 6.82. The van der Waals surface area contributed by atoms with E-state index in [-0.39, 0.29) is 16.4 Å². The third kappa shape index (κ3) is 4.69. The van der Waals surface area contributed by atoms with E-state index < -0.39 is 16.1 Å². The van der Waals surface area contributed by atoms with Crippen molar-refractivity contribution in [3.05, 3.63) is 87.3 Å². The van der Waals surface area contributed by atoms with E-state index in [2.05, 4.69) is 15.5 Å². The van der Waals surface area contributed by atoms with E-state index in [1.54, 1.807) is 37.3 Å². The zero-order valence-electron chi connectivity index (χ0n) is 17.1. The Kier molecular flexibility index (Phi) is 6.33. The molecule has 4 rings (SSSR count). The van der Waals surface area contributed by atoms with Gasteiger partial charge in [0.15, 0.2) is 5.82 Å². The standard InChI is InChI=1S/C21H17ClN6O4S/c1-12-15(9-10-32-12)19-25-26-21(27(19)23)33-18(13-5-3-2-4-6-13)20(29)24-14-7-8-16(22)17(11-14)28(30)31/h2-11,18H,23H2,1H3,(H,24,29). The summed E-state index contributed by atoms with van der Waals surface area (Å²) in [4.78, 5) is 23.8. The third-order valence-corrected chi connectivity index (χ3v) is 6.27. The number of amides is 1. The minimum absolute atomic E-state index is 0.0229. The molecule has 3 N–H and O–H groups in total. The molecule has 0 saturated heterocycles. The summed E-state index contributed by atoms with van der Waals surface area (Å²) in [5, 5.41) is 21.7. The van der Waals surface area contributed by atoms with Crippen molar-refractivity contribution in [3.63, 3.8) is 0 Å². The van der Waals surface area contributed by atoms with Crippen LogP contribution in [-0.4, -0.2) is 25.7 Å². The fraction of sp³-hybridized carbons (Fsp3) is 0.0952. The van der Waals surface area contributed by atoms with Crippen LogP contribution >= 0.6 is 23.4 Å². The van der Waals surface area contributed by atoms with E-state index in [4.69, 9.17) is 21.9 Å². The van der Waals surface area contributed by atoms with Crippen molar-refractivity contribution in [2.45, 2.75) is 17.3 Å². The Morgan fingerprint density at radius 1 is 1.24 bits per heavy atom. The van der Waals surface area contributed by atoms with Gasteiger partial charge in [0.05, 0.1) is 16.7 Å². The predicted molar refractivity (Wildman–Crippen MR) is 124 cm³/mol. The fourth-order valence-corrected chi connectivity index (χ4v) is 4.25. The number of carbonyl (C=O) groups is 1. The SMILES string of the molecule is Cc1occc1-c1nnc(SC(C(=O)Nc2ccc(Cl)c([N+](=O)[O-])c2)c2ccccc2)n1N. The monoisotopic (exact) mass is 484 g/mol. The Morgan fingerprint density at radius 2 is 2.00 bits per heavy atom. The van der Waals surface area contributed by atoms with Crippen molar-refractivity contribution >= 4 is 40.6 Å². The third-order valence-electron chi connectivity index (χ3n) is 4.74. The van der Waals surface area contributed by atoms with Crippen LogP contribution in [0.5, 0.6) is 0 Å². The van der Waals surface area contributed by atoms with Gasteiger partial charge in [-0.3, -0.25) is 14.9 Å². The normalized spacial score (nSPS) is 11.8. The molecule has 1 unspecified atom stereocenters. The highest BCUT2D eigenvalue weighted by Gasteiger charge is 2.27. The number of nitro groups is 1. The van der Waals surface area contributed by atoms with Crippen LogP contribution in [-0.2, 0) is 4.79 Å². The highest BCUT2D eigenvalue weighted by Crippen LogP contribution is 2.37. The highest BCUT2D eigenvalue weighted by molar-refractivity contribution is 8.00. The zero-order chi connectivity index (χ0) is 23.5. The summed E-state index contributed by atoms with van der Waals surface area (Å²) < 4.78 is 6.60. The lowest BCUT2D eigenvalue weighted by atomic mass is 10.1. The van der Waals surface area contributed by atoms with Gasteiger partial charge in [-0.05, 0) is 30.7 Å². The van der Waals surface area contributed by atoms with Gasteiger partial charge in [0.2, 0.25) is 11.1 Å². The van der Waals surface area contributed by atoms with Gasteiger partial charge in [-0.25, -0.2) is 4.68 Å². The number of nitrogens with zero attached hydrogens (tertiary/aromatic N) is 4. The smallest absolute Gasteiger partial charge is 0.289 e. The first-order valence-corrected chi connectivity index (χ1v) is 10.8. The molecule has 2 aromatic heterocycles. The minimum atomic E-state index is -0.772. The molecule has 10 nitrogen and oxygen atoms in total. The van der Waals surface area contributed by atoms with Crippen LogP contribution in [0.4, 0.5) is 11.4 Å². The summed E-state index contributed by atoms with van der Waals surface area (Å²) in [7, 11) is 0. The molecule has 1 atom stereocenters. The van der Waals surface area contributed by atoms with E-state index in [9.17, 15) is 14.9 Å². The van der Waals surface area contributed by atoms with Gasteiger partial charge < -0.3 is 15.6 Å². The van der Waals surface area contributed by atoms with Crippen molar-refractivity contribution in [3.8, 4) is 11.4 Å². The first-order valence-electron chi connectivity index (χ1n) is 9.56. The number of nitrogen functional groups attached to an aromatic ring is 1. The Hall–Kier alpha value is -3.83. The summed E-state index contributed by atoms with van der Waals surface area (Å²) in [6.45, 7) is 1.78. The fourth-order valence-electron chi connectivity index (χ4n) is 3.10. The number of aromatic nitrogens is 3. The molecule has 0 aliphatic heterocycles. The number of hydrogen-bond acceptors (Lipinski definition) is 8. The summed E-state index contributed by atoms with van der Waals surface area (Å²) in [5.41, 5.74) is 1.31. The van der Waals surface area contributed by atoms with Crippen LogP contribution in [0.2, 0.25) is 5.02 Å². The number of carbonyl (C=O) groups excluding carboxylic acids is 1. The molecule has 0 radical (unpaired) electrons. The molecule has 0 aliphatic rings. The van der Waals surface area contributed by atoms with Crippen LogP contribution in [0, 0.1) is 17.0 Å². The summed E-state index contributed by atoms with van der Waals surface area (Å²) >= 11 is 6.96. The molecular formula is C21H17ClN6O4S. The van der Waals surface area contributed by atoms with Crippen LogP contribution < -0.4 is 11.2 Å². The number of hydrogen-bond donors (Lipinski definition) is 2. The molecule has 1 amide bonds. The molecule has 2 aromatic carbocycles. The van der Waals surface area contributed by atoms with E-state index >= 15 is 0 Å². The lowest BCUT2D eigenvalue weighted by Gasteiger charge is -2.16. The van der Waals surface area contributed by atoms with Crippen molar-refractivity contribution in [1.29, 1.82) is 0 Å². The number of halogens is 1. The van der Waals surface area contributed by atoms with Crippen LogP contribution in [0.1, 0.15) is 16.6 Å². The van der Waals surface area contributed by atoms with Crippen LogP contribution in [0.15, 0.2) is 70.4 Å². The van der Waals surface area contributed by atoms with Gasteiger partial charge in [-0.1, -0.05) is 53.7 Å². The Bertz CT molecular complexity index is 1320. The van der Waals surface area contributed by atoms with E-state index in [1.165, 1.54) is 29.1 Å². The largest absolute Gasteiger partial charge is 0.469 e. The van der Waals surface area contributed by atoms with Gasteiger partial charge in [0, 0.05) is 11.8 Å². The average Bonchev–Trinajstić information content (AvgIpc) is 3.38. The van der Waals surface area contributed by atoms with E-state index in [1.807, 2.05) is 6.07 Å². The maximum absolute atomic E-state index is 13.2. The molecular weight excluding hydrogens is 468 g/mol. The second kappa shape index (κ2) is 9.35. The van der Waals surface area contributed by atoms with E-state index in [0.717, 1.165) is 11.8 Å². The second-order valence-corrected chi connectivity index (χ2v) is 8.37. The Labute approximate surface area is 196 Å². The molecule has 0 bridgehead atoms. The Balaban J connectivity index is 1.64. The molecule has 0 spiro atoms. The van der Waals surface area contributed by atoms with Crippen molar-refractivity contribution in [2.75, 3.05) is 11.2 Å². The number of aryl methyl sites for hydroxylation is 1. The minimum Gasteiger partial charge on any atom is -0.469 e. The zero-order valence-corrected chi connectivity index (χ0v) is 18.7. The number of rotatable bonds is 7. The first kappa shape index (κ1) is 22.4. The number of nitrogens with one attached hydrogen (secondary N) is 1. The highest BCUT2D eigenvalue weighted by atomic mass is 35.5. The van der Waals surface area contributed by atoms with Gasteiger partial charge in [-0.15, -0.1) is 10.2 Å². The molecule has 2 heterocycles. The van der Waals surface area contributed by atoms with Crippen LogP contribution in [0.25, 0.3) is 11.4 Å². The maximum atomic E-state index is 13.2. The maximum Gasteiger partial charge on any atom is 0.289 e. The van der Waals surface area contributed by atoms with Gasteiger partial charge in [-0.2, -0.15) is 0 Å². The molecule has 4 aromatic rings. The summed E-state index contributed by atoms with van der Waals surface area (Å²) in [6.07, 6.45) is 1.53. The Morgan fingerprint density at radius 3 is 2.67 bits per heavy atom. The van der Waals surface area contributed by atoms with Crippen molar-refractivity contribution in [2.24, 2.45) is 0 Å². The lowest BCUT2D eigenvalue weighted by Crippen LogP contribution is -2.20. The topological polar surface area (TPSA) is 142 Å². The number of furan rings is 1. The molecule has 0 saturated carbocycles. The number of benzene rings is 2. The summed E-state index contributed by atoms with van der Waals surface area (Å²) in [6, 6.07) is 14.8. The number of anilines is 1. The average molecular weight is 485 g/mol.